The molecule has 0 N–H and O–H groups in total. The quantitative estimate of drug-likeness (QED) is 0.199. The van der Waals surface area contributed by atoms with Crippen LogP contribution in [-0.2, 0) is 12.8 Å². The molecule has 5 aromatic carbocycles. The van der Waals surface area contributed by atoms with Crippen molar-refractivity contribution in [1.29, 1.82) is 0 Å². The number of pyridine rings is 1. The monoisotopic (exact) mass is 553 g/mol. The fraction of sp³-hybridized carbons (Fsp3) is 0.256. The lowest BCUT2D eigenvalue weighted by atomic mass is 9.77. The van der Waals surface area contributed by atoms with E-state index in [2.05, 4.69) is 79.5 Å². The molecule has 1 aromatic heterocycles. The maximum atomic E-state index is 5.84. The van der Waals surface area contributed by atoms with Crippen LogP contribution in [0.4, 0.5) is 0 Å². The predicted molar refractivity (Wildman–Crippen MR) is 176 cm³/mol. The summed E-state index contributed by atoms with van der Waals surface area (Å²) >= 11 is 0. The van der Waals surface area contributed by atoms with E-state index in [1.807, 2.05) is 36.7 Å². The second kappa shape index (κ2) is 12.2. The molecule has 7 rings (SSSR count). The van der Waals surface area contributed by atoms with Crippen molar-refractivity contribution in [1.82, 2.24) is 4.98 Å². The van der Waals surface area contributed by atoms with E-state index < -0.39 is 0 Å². The van der Waals surface area contributed by atoms with Gasteiger partial charge in [-0.1, -0.05) is 77.9 Å². The van der Waals surface area contributed by atoms with Crippen LogP contribution in [0.25, 0.3) is 32.3 Å². The maximum absolute atomic E-state index is 5.84. The molecule has 3 nitrogen and oxygen atoms in total. The molecule has 3 heteroatoms. The number of aromatic nitrogens is 1. The average molecular weight is 554 g/mol. The number of fused-ring (bicyclic) bond motifs is 6. The number of rotatable bonds is 5. The second-order valence-electron chi connectivity index (χ2n) is 11.5. The summed E-state index contributed by atoms with van der Waals surface area (Å²) in [4.78, 5) is 4.01. The van der Waals surface area contributed by atoms with Crippen LogP contribution in [0.2, 0.25) is 0 Å². The maximum Gasteiger partial charge on any atom is 0.131 e. The molecule has 1 aliphatic rings. The van der Waals surface area contributed by atoms with Gasteiger partial charge >= 0.3 is 0 Å². The molecule has 0 unspecified atom stereocenters. The van der Waals surface area contributed by atoms with Gasteiger partial charge in [-0.15, -0.1) is 0 Å². The van der Waals surface area contributed by atoms with Crippen LogP contribution in [0.5, 0.6) is 11.5 Å². The number of ether oxygens (including phenoxy) is 2. The molecule has 212 valence electrons. The third kappa shape index (κ3) is 5.56. The molecule has 0 aliphatic heterocycles. The minimum atomic E-state index is 0.621. The van der Waals surface area contributed by atoms with Crippen molar-refractivity contribution < 1.29 is 9.47 Å². The zero-order valence-electron chi connectivity index (χ0n) is 25.1. The predicted octanol–water partition coefficient (Wildman–Crippen LogP) is 9.91. The molecule has 1 aliphatic carbocycles. The summed E-state index contributed by atoms with van der Waals surface area (Å²) in [5, 5.41) is 7.36. The molecule has 0 saturated carbocycles. The van der Waals surface area contributed by atoms with Crippen LogP contribution in [-0.4, -0.2) is 19.2 Å². The number of hydrogen-bond acceptors (Lipinski definition) is 3. The van der Waals surface area contributed by atoms with Crippen LogP contribution in [0.1, 0.15) is 53.0 Å². The van der Waals surface area contributed by atoms with Gasteiger partial charge in [0.25, 0.3) is 0 Å². The molecule has 0 saturated heterocycles. The normalized spacial score (nSPS) is 14.3. The Bertz CT molecular complexity index is 1790. The smallest absolute Gasteiger partial charge is 0.131 e. The Morgan fingerprint density at radius 1 is 0.738 bits per heavy atom. The van der Waals surface area contributed by atoms with Crippen LogP contribution in [0, 0.1) is 13.8 Å². The van der Waals surface area contributed by atoms with E-state index in [1.165, 1.54) is 74.0 Å². The molecular formula is C39H39NO2. The summed E-state index contributed by atoms with van der Waals surface area (Å²) in [5.74, 6) is 2.39. The molecule has 0 amide bonds. The second-order valence-corrected chi connectivity index (χ2v) is 11.5. The van der Waals surface area contributed by atoms with E-state index in [0.717, 1.165) is 29.7 Å². The summed E-state index contributed by atoms with van der Waals surface area (Å²) in [6.07, 6.45) is 9.70. The highest BCUT2D eigenvalue weighted by atomic mass is 16.5. The zero-order chi connectivity index (χ0) is 29.1. The van der Waals surface area contributed by atoms with E-state index in [1.54, 1.807) is 14.2 Å². The lowest BCUT2D eigenvalue weighted by Gasteiger charge is -2.28. The fourth-order valence-electron chi connectivity index (χ4n) is 6.85. The Balaban J connectivity index is 0.000000265. The Morgan fingerprint density at radius 3 is 2.29 bits per heavy atom. The van der Waals surface area contributed by atoms with Gasteiger partial charge in [-0.25, -0.2) is 0 Å². The molecule has 42 heavy (non-hydrogen) atoms. The lowest BCUT2D eigenvalue weighted by Crippen LogP contribution is -2.11. The molecule has 0 bridgehead atoms. The van der Waals surface area contributed by atoms with Crippen molar-refractivity contribution in [2.24, 2.45) is 0 Å². The number of aryl methyl sites for hydroxylation is 4. The van der Waals surface area contributed by atoms with E-state index in [4.69, 9.17) is 9.47 Å². The van der Waals surface area contributed by atoms with Gasteiger partial charge in [-0.3, -0.25) is 4.98 Å². The van der Waals surface area contributed by atoms with Crippen molar-refractivity contribution in [2.75, 3.05) is 14.2 Å². The fourth-order valence-corrected chi connectivity index (χ4v) is 6.85. The summed E-state index contributed by atoms with van der Waals surface area (Å²) in [6, 6.07) is 30.4. The van der Waals surface area contributed by atoms with Gasteiger partial charge in [0, 0.05) is 12.4 Å². The SMILES string of the molecule is COc1cccc2c1c(OC)cc1c3c(ccc12)[C@H](CCc1cc(C)cc(C)c1)CCC3.c1ccc2cnccc2c1. The number of nitrogens with zero attached hydrogens (tertiary/aromatic N) is 1. The average Bonchev–Trinajstić information content (AvgIpc) is 3.02. The molecule has 1 heterocycles. The van der Waals surface area contributed by atoms with E-state index in [0.29, 0.717) is 5.92 Å². The van der Waals surface area contributed by atoms with Gasteiger partial charge in [0.15, 0.2) is 0 Å². The molecule has 0 radical (unpaired) electrons. The van der Waals surface area contributed by atoms with Gasteiger partial charge in [0.2, 0.25) is 0 Å². The highest BCUT2D eigenvalue weighted by Crippen LogP contribution is 2.44. The van der Waals surface area contributed by atoms with Gasteiger partial charge in [0.1, 0.15) is 11.5 Å². The topological polar surface area (TPSA) is 31.4 Å². The van der Waals surface area contributed by atoms with Crippen molar-refractivity contribution in [3.05, 3.63) is 125 Å². The molecule has 0 spiro atoms. The minimum Gasteiger partial charge on any atom is -0.496 e. The molecule has 1 atom stereocenters. The van der Waals surface area contributed by atoms with Crippen LogP contribution in [0.3, 0.4) is 0 Å². The minimum absolute atomic E-state index is 0.621. The van der Waals surface area contributed by atoms with Crippen LogP contribution < -0.4 is 9.47 Å². The molecule has 0 fully saturated rings. The highest BCUT2D eigenvalue weighted by molar-refractivity contribution is 6.13. The zero-order valence-corrected chi connectivity index (χ0v) is 25.1. The largest absolute Gasteiger partial charge is 0.496 e. The Hall–Kier alpha value is -4.37. The molecular weight excluding hydrogens is 514 g/mol. The van der Waals surface area contributed by atoms with Gasteiger partial charge in [0.05, 0.1) is 19.6 Å². The lowest BCUT2D eigenvalue weighted by molar-refractivity contribution is 0.405. The summed E-state index contributed by atoms with van der Waals surface area (Å²) in [7, 11) is 3.49. The summed E-state index contributed by atoms with van der Waals surface area (Å²) in [5.41, 5.74) is 7.25. The number of methoxy groups -OCH3 is 2. The molecule has 6 aromatic rings. The summed E-state index contributed by atoms with van der Waals surface area (Å²) < 4.78 is 11.5. The third-order valence-corrected chi connectivity index (χ3v) is 8.70. The van der Waals surface area contributed by atoms with E-state index >= 15 is 0 Å². The highest BCUT2D eigenvalue weighted by Gasteiger charge is 2.23. The Kier molecular flexibility index (Phi) is 8.10. The first-order valence-electron chi connectivity index (χ1n) is 15.0. The van der Waals surface area contributed by atoms with Crippen molar-refractivity contribution in [3.8, 4) is 11.5 Å². The van der Waals surface area contributed by atoms with E-state index in [9.17, 15) is 0 Å². The Morgan fingerprint density at radius 2 is 1.52 bits per heavy atom. The van der Waals surface area contributed by atoms with Gasteiger partial charge < -0.3 is 9.47 Å². The van der Waals surface area contributed by atoms with Crippen molar-refractivity contribution in [3.63, 3.8) is 0 Å². The van der Waals surface area contributed by atoms with Crippen LogP contribution in [0.15, 0.2) is 97.3 Å². The first-order valence-corrected chi connectivity index (χ1v) is 15.0. The number of hydrogen-bond donors (Lipinski definition) is 0. The standard InChI is InChI=1S/C30H32O2.C9H7N/c1-19-15-20(2)17-21(16-19)11-12-22-7-5-8-24-23(22)13-14-25-26-9-6-10-28(31-3)30(26)29(32-4)18-27(24)25;1-2-4-9-7-10-6-5-8(9)3-1/h6,9-10,13-18,22H,5,7-8,11-12H2,1-4H3;1-7H/t22-;/m0./s1. The third-order valence-electron chi connectivity index (χ3n) is 8.70. The summed E-state index contributed by atoms with van der Waals surface area (Å²) in [6.45, 7) is 4.40. The van der Waals surface area contributed by atoms with E-state index in [-0.39, 0.29) is 0 Å². The van der Waals surface area contributed by atoms with Crippen molar-refractivity contribution in [2.45, 2.75) is 51.9 Å². The first-order chi connectivity index (χ1) is 20.6. The number of benzene rings is 5. The van der Waals surface area contributed by atoms with Crippen molar-refractivity contribution >= 4 is 32.3 Å². The van der Waals surface area contributed by atoms with Gasteiger partial charge in [-0.2, -0.15) is 0 Å². The first kappa shape index (κ1) is 27.8. The van der Waals surface area contributed by atoms with Gasteiger partial charge in [-0.05, 0) is 114 Å². The Labute approximate surface area is 249 Å². The van der Waals surface area contributed by atoms with Crippen LogP contribution >= 0.6 is 0 Å².